The molecule has 1 heterocycles. The van der Waals surface area contributed by atoms with Crippen molar-refractivity contribution >= 4 is 53.2 Å². The van der Waals surface area contributed by atoms with E-state index in [1.165, 1.54) is 11.3 Å². The molecule has 0 bridgehead atoms. The first-order chi connectivity index (χ1) is 13.5. The summed E-state index contributed by atoms with van der Waals surface area (Å²) in [7, 11) is -3.23. The van der Waals surface area contributed by atoms with Gasteiger partial charge in [-0.3, -0.25) is 4.79 Å². The van der Waals surface area contributed by atoms with E-state index in [9.17, 15) is 13.2 Å². The minimum absolute atomic E-state index is 0.0547. The lowest BCUT2D eigenvalue weighted by molar-refractivity contribution is -0.115. The van der Waals surface area contributed by atoms with Crippen molar-refractivity contribution in [3.05, 3.63) is 66.2 Å². The fraction of sp³-hybridized carbons (Fsp3) is 0.143. The van der Waals surface area contributed by atoms with Crippen LogP contribution in [0, 0.1) is 0 Å². The molecule has 4 rings (SSSR count). The average molecular weight is 411 g/mol. The van der Waals surface area contributed by atoms with Crippen molar-refractivity contribution in [2.24, 2.45) is 0 Å². The molecule has 7 heteroatoms. The zero-order chi connectivity index (χ0) is 19.7. The average Bonchev–Trinajstić information content (AvgIpc) is 3.11. The molecule has 3 aromatic carbocycles. The highest BCUT2D eigenvalue weighted by molar-refractivity contribution is 7.91. The second-order valence-corrected chi connectivity index (χ2v) is 9.70. The van der Waals surface area contributed by atoms with E-state index in [2.05, 4.69) is 16.4 Å². The lowest BCUT2D eigenvalue weighted by atomic mass is 10.1. The van der Waals surface area contributed by atoms with Crippen LogP contribution in [0.5, 0.6) is 0 Å². The molecule has 5 nitrogen and oxygen atoms in total. The number of benzene rings is 3. The maximum Gasteiger partial charge on any atom is 0.230 e. The van der Waals surface area contributed by atoms with Crippen molar-refractivity contribution in [2.75, 3.05) is 11.1 Å². The van der Waals surface area contributed by atoms with Crippen LogP contribution in [0.2, 0.25) is 0 Å². The van der Waals surface area contributed by atoms with Crippen LogP contribution in [0.3, 0.4) is 0 Å². The van der Waals surface area contributed by atoms with Crippen molar-refractivity contribution in [1.29, 1.82) is 0 Å². The second kappa shape index (κ2) is 7.33. The molecular formula is C21H18N2O3S2. The number of amides is 1. The maximum absolute atomic E-state index is 12.4. The SMILES string of the molecule is CCS(=O)(=O)c1ccc(CC(=O)Nc2nc3ccc4ccccc4c3s2)cc1. The summed E-state index contributed by atoms with van der Waals surface area (Å²) < 4.78 is 24.8. The molecule has 28 heavy (non-hydrogen) atoms. The second-order valence-electron chi connectivity index (χ2n) is 6.43. The molecule has 142 valence electrons. The number of rotatable bonds is 5. The van der Waals surface area contributed by atoms with Crippen molar-refractivity contribution in [3.63, 3.8) is 0 Å². The minimum Gasteiger partial charge on any atom is -0.302 e. The van der Waals surface area contributed by atoms with E-state index in [4.69, 9.17) is 0 Å². The largest absolute Gasteiger partial charge is 0.302 e. The fourth-order valence-corrected chi connectivity index (χ4v) is 4.94. The number of fused-ring (bicyclic) bond motifs is 3. The highest BCUT2D eigenvalue weighted by Crippen LogP contribution is 2.32. The summed E-state index contributed by atoms with van der Waals surface area (Å²) in [5.41, 5.74) is 1.60. The van der Waals surface area contributed by atoms with Gasteiger partial charge < -0.3 is 5.32 Å². The third-order valence-corrected chi connectivity index (χ3v) is 7.32. The van der Waals surface area contributed by atoms with Crippen LogP contribution < -0.4 is 5.32 Å². The van der Waals surface area contributed by atoms with Crippen LogP contribution in [-0.4, -0.2) is 25.1 Å². The summed E-state index contributed by atoms with van der Waals surface area (Å²) in [6, 6.07) is 18.5. The van der Waals surface area contributed by atoms with Crippen LogP contribution in [0.15, 0.2) is 65.6 Å². The van der Waals surface area contributed by atoms with Crippen molar-refractivity contribution in [3.8, 4) is 0 Å². The summed E-state index contributed by atoms with van der Waals surface area (Å²) in [5, 5.41) is 5.66. The molecule has 0 saturated heterocycles. The predicted molar refractivity (Wildman–Crippen MR) is 114 cm³/mol. The Labute approximate surface area is 167 Å². The van der Waals surface area contributed by atoms with Crippen molar-refractivity contribution in [1.82, 2.24) is 4.98 Å². The number of thiazole rings is 1. The Morgan fingerprint density at radius 2 is 1.79 bits per heavy atom. The summed E-state index contributed by atoms with van der Waals surface area (Å²) in [6.45, 7) is 1.61. The predicted octanol–water partition coefficient (Wildman–Crippen LogP) is 4.42. The van der Waals surface area contributed by atoms with E-state index in [-0.39, 0.29) is 23.0 Å². The number of anilines is 1. The highest BCUT2D eigenvalue weighted by atomic mass is 32.2. The Morgan fingerprint density at radius 3 is 2.54 bits per heavy atom. The quantitative estimate of drug-likeness (QED) is 0.528. The number of nitrogens with zero attached hydrogens (tertiary/aromatic N) is 1. The number of aromatic nitrogens is 1. The summed E-state index contributed by atoms with van der Waals surface area (Å²) in [6.07, 6.45) is 0.156. The van der Waals surface area contributed by atoms with E-state index >= 15 is 0 Å². The summed E-state index contributed by atoms with van der Waals surface area (Å²) in [5.74, 6) is -0.131. The number of hydrogen-bond acceptors (Lipinski definition) is 5. The van der Waals surface area contributed by atoms with Gasteiger partial charge in [-0.25, -0.2) is 13.4 Å². The Balaban J connectivity index is 1.51. The normalized spacial score (nSPS) is 11.8. The number of carbonyl (C=O) groups is 1. The van der Waals surface area contributed by atoms with Crippen LogP contribution in [0.1, 0.15) is 12.5 Å². The Morgan fingerprint density at radius 1 is 1.04 bits per heavy atom. The Kier molecular flexibility index (Phi) is 4.87. The smallest absolute Gasteiger partial charge is 0.230 e. The van der Waals surface area contributed by atoms with E-state index in [1.807, 2.05) is 30.3 Å². The van der Waals surface area contributed by atoms with Gasteiger partial charge in [0.25, 0.3) is 0 Å². The van der Waals surface area contributed by atoms with E-state index in [0.717, 1.165) is 26.6 Å². The van der Waals surface area contributed by atoms with Gasteiger partial charge in [-0.2, -0.15) is 0 Å². The van der Waals surface area contributed by atoms with Gasteiger partial charge in [0.05, 0.1) is 27.3 Å². The van der Waals surface area contributed by atoms with Gasteiger partial charge in [0.15, 0.2) is 15.0 Å². The number of sulfone groups is 1. The molecule has 0 aliphatic heterocycles. The van der Waals surface area contributed by atoms with Crippen molar-refractivity contribution < 1.29 is 13.2 Å². The van der Waals surface area contributed by atoms with Gasteiger partial charge in [0, 0.05) is 5.39 Å². The Hall–Kier alpha value is -2.77. The standard InChI is InChI=1S/C21H18N2O3S2/c1-2-28(25,26)16-10-7-14(8-11-16)13-19(24)23-21-22-18-12-9-15-5-3-4-6-17(15)20(18)27-21/h3-12H,2,13H2,1H3,(H,22,23,24). The number of carbonyl (C=O) groups excluding carboxylic acids is 1. The van der Waals surface area contributed by atoms with Crippen molar-refractivity contribution in [2.45, 2.75) is 18.2 Å². The molecule has 0 unspecified atom stereocenters. The van der Waals surface area contributed by atoms with Crippen LogP contribution >= 0.6 is 11.3 Å². The molecule has 0 aliphatic rings. The lowest BCUT2D eigenvalue weighted by Gasteiger charge is -2.04. The Bertz CT molecular complexity index is 1280. The first kappa shape index (κ1) is 18.6. The van der Waals surface area contributed by atoms with Gasteiger partial charge in [0.2, 0.25) is 5.91 Å². The van der Waals surface area contributed by atoms with Gasteiger partial charge in [-0.05, 0) is 29.1 Å². The molecule has 1 amide bonds. The molecule has 1 N–H and O–H groups in total. The summed E-state index contributed by atoms with van der Waals surface area (Å²) >= 11 is 1.45. The lowest BCUT2D eigenvalue weighted by Crippen LogP contribution is -2.14. The van der Waals surface area contributed by atoms with Crippen LogP contribution in [0.4, 0.5) is 5.13 Å². The first-order valence-electron chi connectivity index (χ1n) is 8.86. The molecule has 0 aliphatic carbocycles. The van der Waals surface area contributed by atoms with Gasteiger partial charge >= 0.3 is 0 Å². The molecule has 0 fully saturated rings. The third-order valence-electron chi connectivity index (χ3n) is 4.55. The van der Waals surface area contributed by atoms with Gasteiger partial charge in [0.1, 0.15) is 0 Å². The highest BCUT2D eigenvalue weighted by Gasteiger charge is 2.13. The maximum atomic E-state index is 12.4. The fourth-order valence-electron chi connectivity index (χ4n) is 3.04. The van der Waals surface area contributed by atoms with Gasteiger partial charge in [-0.15, -0.1) is 0 Å². The molecular weight excluding hydrogens is 392 g/mol. The first-order valence-corrected chi connectivity index (χ1v) is 11.3. The van der Waals surface area contributed by atoms with E-state index < -0.39 is 9.84 Å². The molecule has 4 aromatic rings. The van der Waals surface area contributed by atoms with Crippen LogP contribution in [-0.2, 0) is 21.1 Å². The topological polar surface area (TPSA) is 76.1 Å². The van der Waals surface area contributed by atoms with E-state index in [1.54, 1.807) is 31.2 Å². The molecule has 1 aromatic heterocycles. The molecule has 0 atom stereocenters. The number of hydrogen-bond donors (Lipinski definition) is 1. The molecule has 0 saturated carbocycles. The van der Waals surface area contributed by atoms with Crippen LogP contribution in [0.25, 0.3) is 21.0 Å². The third kappa shape index (κ3) is 3.63. The monoisotopic (exact) mass is 410 g/mol. The zero-order valence-electron chi connectivity index (χ0n) is 15.2. The van der Waals surface area contributed by atoms with Gasteiger partial charge in [-0.1, -0.05) is 60.7 Å². The van der Waals surface area contributed by atoms with E-state index in [0.29, 0.717) is 5.13 Å². The number of nitrogens with one attached hydrogen (secondary N) is 1. The minimum atomic E-state index is -3.23. The zero-order valence-corrected chi connectivity index (χ0v) is 16.8. The molecule has 0 radical (unpaired) electrons. The molecule has 0 spiro atoms. The summed E-state index contributed by atoms with van der Waals surface area (Å²) in [4.78, 5) is 17.2.